The van der Waals surface area contributed by atoms with Crippen molar-refractivity contribution in [3.63, 3.8) is 0 Å². The van der Waals surface area contributed by atoms with Crippen LogP contribution in [0.5, 0.6) is 0 Å². The van der Waals surface area contributed by atoms with Gasteiger partial charge in [0, 0.05) is 5.69 Å². The molecule has 1 heterocycles. The van der Waals surface area contributed by atoms with Crippen LogP contribution in [-0.4, -0.2) is 30.4 Å². The van der Waals surface area contributed by atoms with E-state index in [1.165, 1.54) is 0 Å². The highest BCUT2D eigenvalue weighted by Gasteiger charge is 2.15. The molecule has 26 heavy (non-hydrogen) atoms. The highest BCUT2D eigenvalue weighted by Crippen LogP contribution is 2.23. The van der Waals surface area contributed by atoms with Crippen molar-refractivity contribution in [3.8, 4) is 5.69 Å². The van der Waals surface area contributed by atoms with E-state index in [1.807, 2.05) is 37.3 Å². The average molecular weight is 370 g/mol. The number of para-hydroxylation sites is 3. The van der Waals surface area contributed by atoms with Gasteiger partial charge >= 0.3 is 0 Å². The van der Waals surface area contributed by atoms with E-state index in [0.29, 0.717) is 11.4 Å². The summed E-state index contributed by atoms with van der Waals surface area (Å²) < 4.78 is 27.0. The molecule has 0 radical (unpaired) electrons. The molecule has 0 saturated heterocycles. The summed E-state index contributed by atoms with van der Waals surface area (Å²) in [7, 11) is -3.46. The van der Waals surface area contributed by atoms with Crippen LogP contribution in [0, 0.1) is 6.92 Å². The molecule has 0 fully saturated rings. The Balaban J connectivity index is 1.86. The molecule has 0 atom stereocenters. The molecule has 0 aliphatic carbocycles. The second-order valence-corrected chi connectivity index (χ2v) is 7.54. The zero-order chi connectivity index (χ0) is 18.7. The minimum atomic E-state index is -3.46. The van der Waals surface area contributed by atoms with Crippen LogP contribution in [0.2, 0.25) is 0 Å². The van der Waals surface area contributed by atoms with Crippen LogP contribution in [0.25, 0.3) is 5.69 Å². The summed E-state index contributed by atoms with van der Waals surface area (Å²) in [5.41, 5.74) is 2.55. The van der Waals surface area contributed by atoms with Crippen molar-refractivity contribution in [2.24, 2.45) is 0 Å². The van der Waals surface area contributed by atoms with Crippen LogP contribution >= 0.6 is 0 Å². The highest BCUT2D eigenvalue weighted by atomic mass is 32.2. The standard InChI is InChI=1S/C18H18N4O3S/c1-13-12-17(20-22(13)14-8-4-3-5-9-14)18(23)19-15-10-6-7-11-16(15)21-26(2,24)25/h3-12,21H,1-2H3,(H,19,23). The van der Waals surface area contributed by atoms with Crippen molar-refractivity contribution >= 4 is 27.3 Å². The molecular weight excluding hydrogens is 352 g/mol. The molecule has 0 aliphatic rings. The van der Waals surface area contributed by atoms with E-state index >= 15 is 0 Å². The molecule has 0 saturated carbocycles. The number of hydrogen-bond donors (Lipinski definition) is 2. The normalized spacial score (nSPS) is 11.2. The van der Waals surface area contributed by atoms with Crippen LogP contribution < -0.4 is 10.0 Å². The number of carbonyl (C=O) groups is 1. The summed E-state index contributed by atoms with van der Waals surface area (Å²) in [6, 6.07) is 17.7. The first-order chi connectivity index (χ1) is 12.3. The zero-order valence-electron chi connectivity index (χ0n) is 14.3. The highest BCUT2D eigenvalue weighted by molar-refractivity contribution is 7.92. The molecule has 7 nitrogen and oxygen atoms in total. The van der Waals surface area contributed by atoms with Crippen LogP contribution in [0.1, 0.15) is 16.2 Å². The van der Waals surface area contributed by atoms with Crippen molar-refractivity contribution in [1.82, 2.24) is 9.78 Å². The number of rotatable bonds is 5. The summed E-state index contributed by atoms with van der Waals surface area (Å²) in [4.78, 5) is 12.6. The fourth-order valence-corrected chi connectivity index (χ4v) is 3.06. The Hall–Kier alpha value is -3.13. The lowest BCUT2D eigenvalue weighted by Crippen LogP contribution is -2.16. The smallest absolute Gasteiger partial charge is 0.276 e. The lowest BCUT2D eigenvalue weighted by atomic mass is 10.2. The zero-order valence-corrected chi connectivity index (χ0v) is 15.1. The monoisotopic (exact) mass is 370 g/mol. The summed E-state index contributed by atoms with van der Waals surface area (Å²) >= 11 is 0. The second-order valence-electron chi connectivity index (χ2n) is 5.79. The van der Waals surface area contributed by atoms with E-state index in [9.17, 15) is 13.2 Å². The van der Waals surface area contributed by atoms with Gasteiger partial charge < -0.3 is 5.32 Å². The fraction of sp³-hybridized carbons (Fsp3) is 0.111. The minimum absolute atomic E-state index is 0.237. The molecular formula is C18H18N4O3S. The predicted octanol–water partition coefficient (Wildman–Crippen LogP) is 2.80. The molecule has 134 valence electrons. The third kappa shape index (κ3) is 4.09. The molecule has 0 bridgehead atoms. The molecule has 1 aromatic heterocycles. The maximum Gasteiger partial charge on any atom is 0.276 e. The Kier molecular flexibility index (Phi) is 4.77. The first-order valence-electron chi connectivity index (χ1n) is 7.84. The van der Waals surface area contributed by atoms with Crippen LogP contribution in [0.15, 0.2) is 60.7 Å². The number of sulfonamides is 1. The third-order valence-electron chi connectivity index (χ3n) is 3.59. The Morgan fingerprint density at radius 2 is 1.62 bits per heavy atom. The Labute approximate surface area is 151 Å². The summed E-state index contributed by atoms with van der Waals surface area (Å²) in [5, 5.41) is 7.05. The van der Waals surface area contributed by atoms with Gasteiger partial charge in [-0.1, -0.05) is 30.3 Å². The number of benzene rings is 2. The van der Waals surface area contributed by atoms with Gasteiger partial charge in [0.15, 0.2) is 5.69 Å². The molecule has 3 aromatic rings. The van der Waals surface area contributed by atoms with Crippen molar-refractivity contribution in [2.45, 2.75) is 6.92 Å². The number of nitrogens with one attached hydrogen (secondary N) is 2. The van der Waals surface area contributed by atoms with Crippen molar-refractivity contribution in [1.29, 1.82) is 0 Å². The van der Waals surface area contributed by atoms with E-state index in [0.717, 1.165) is 17.6 Å². The molecule has 1 amide bonds. The first-order valence-corrected chi connectivity index (χ1v) is 9.73. The van der Waals surface area contributed by atoms with Gasteiger partial charge in [-0.2, -0.15) is 5.10 Å². The van der Waals surface area contributed by atoms with Crippen molar-refractivity contribution in [2.75, 3.05) is 16.3 Å². The minimum Gasteiger partial charge on any atom is -0.319 e. The topological polar surface area (TPSA) is 93.1 Å². The number of aromatic nitrogens is 2. The van der Waals surface area contributed by atoms with Crippen molar-refractivity contribution < 1.29 is 13.2 Å². The van der Waals surface area contributed by atoms with E-state index in [-0.39, 0.29) is 5.69 Å². The largest absolute Gasteiger partial charge is 0.319 e. The molecule has 0 spiro atoms. The second kappa shape index (κ2) is 7.01. The van der Waals surface area contributed by atoms with Crippen LogP contribution in [0.3, 0.4) is 0 Å². The maximum atomic E-state index is 12.6. The van der Waals surface area contributed by atoms with E-state index in [1.54, 1.807) is 35.0 Å². The molecule has 2 N–H and O–H groups in total. The van der Waals surface area contributed by atoms with Crippen LogP contribution in [-0.2, 0) is 10.0 Å². The molecule has 8 heteroatoms. The number of aryl methyl sites for hydroxylation is 1. The van der Waals surface area contributed by atoms with Gasteiger partial charge in [-0.05, 0) is 37.3 Å². The van der Waals surface area contributed by atoms with Crippen LogP contribution in [0.4, 0.5) is 11.4 Å². The molecule has 3 rings (SSSR count). The summed E-state index contributed by atoms with van der Waals surface area (Å²) in [6.07, 6.45) is 1.05. The SMILES string of the molecule is Cc1cc(C(=O)Nc2ccccc2NS(C)(=O)=O)nn1-c1ccccc1. The van der Waals surface area contributed by atoms with Gasteiger partial charge in [-0.15, -0.1) is 0 Å². The maximum absolute atomic E-state index is 12.6. The summed E-state index contributed by atoms with van der Waals surface area (Å²) in [5.74, 6) is -0.425. The Bertz CT molecular complexity index is 1040. The number of carbonyl (C=O) groups excluding carboxylic acids is 1. The molecule has 0 unspecified atom stereocenters. The van der Waals surface area contributed by atoms with Gasteiger partial charge in [0.25, 0.3) is 5.91 Å². The first kappa shape index (κ1) is 17.7. The van der Waals surface area contributed by atoms with E-state index < -0.39 is 15.9 Å². The molecule has 2 aromatic carbocycles. The van der Waals surface area contributed by atoms with Gasteiger partial charge in [0.2, 0.25) is 10.0 Å². The Morgan fingerprint density at radius 3 is 2.27 bits per heavy atom. The van der Waals surface area contributed by atoms with Gasteiger partial charge in [0.1, 0.15) is 0 Å². The number of nitrogens with zero attached hydrogens (tertiary/aromatic N) is 2. The Morgan fingerprint density at radius 1 is 1.00 bits per heavy atom. The third-order valence-corrected chi connectivity index (χ3v) is 4.18. The average Bonchev–Trinajstić information content (AvgIpc) is 2.98. The molecule has 0 aliphatic heterocycles. The van der Waals surface area contributed by atoms with Gasteiger partial charge in [-0.25, -0.2) is 13.1 Å². The lowest BCUT2D eigenvalue weighted by Gasteiger charge is -2.11. The number of anilines is 2. The number of hydrogen-bond acceptors (Lipinski definition) is 4. The predicted molar refractivity (Wildman–Crippen MR) is 101 cm³/mol. The van der Waals surface area contributed by atoms with E-state index in [2.05, 4.69) is 15.1 Å². The van der Waals surface area contributed by atoms with Crippen molar-refractivity contribution in [3.05, 3.63) is 72.1 Å². The summed E-state index contributed by atoms with van der Waals surface area (Å²) in [6.45, 7) is 1.86. The lowest BCUT2D eigenvalue weighted by molar-refractivity contribution is 0.102. The van der Waals surface area contributed by atoms with Gasteiger partial charge in [-0.3, -0.25) is 9.52 Å². The van der Waals surface area contributed by atoms with E-state index in [4.69, 9.17) is 0 Å². The van der Waals surface area contributed by atoms with Gasteiger partial charge in [0.05, 0.1) is 23.3 Å². The fourth-order valence-electron chi connectivity index (χ4n) is 2.48. The number of amides is 1. The quantitative estimate of drug-likeness (QED) is 0.722.